The topological polar surface area (TPSA) is 49.6 Å². The number of carbonyl (C=O) groups excluding carboxylic acids is 1. The number of aryl methyl sites for hydroxylation is 1. The summed E-state index contributed by atoms with van der Waals surface area (Å²) in [6, 6.07) is 4.09. The van der Waals surface area contributed by atoms with Gasteiger partial charge in [-0.2, -0.15) is 0 Å². The van der Waals surface area contributed by atoms with Gasteiger partial charge in [0.2, 0.25) is 0 Å². The Morgan fingerprint density at radius 1 is 1.38 bits per heavy atom. The first-order valence-electron chi connectivity index (χ1n) is 7.42. The molecule has 0 bridgehead atoms. The van der Waals surface area contributed by atoms with Crippen LogP contribution in [0.25, 0.3) is 0 Å². The normalized spacial score (nSPS) is 17.7. The molecule has 1 saturated heterocycles. The lowest BCUT2D eigenvalue weighted by atomic mass is 10.1. The molecule has 0 aliphatic carbocycles. The Morgan fingerprint density at radius 3 is 2.52 bits per heavy atom. The molecule has 1 fully saturated rings. The van der Waals surface area contributed by atoms with E-state index >= 15 is 0 Å². The molecule has 1 aliphatic heterocycles. The third-order valence-corrected chi connectivity index (χ3v) is 5.14. The number of nitrogens with two attached hydrogens (primary N) is 1. The molecule has 1 aliphatic rings. The van der Waals surface area contributed by atoms with Crippen molar-refractivity contribution in [2.45, 2.75) is 32.7 Å². The highest BCUT2D eigenvalue weighted by molar-refractivity contribution is 7.80. The van der Waals surface area contributed by atoms with Gasteiger partial charge < -0.3 is 10.6 Å². The number of thiophene rings is 1. The zero-order valence-electron chi connectivity index (χ0n) is 12.7. The van der Waals surface area contributed by atoms with Crippen LogP contribution in [0.15, 0.2) is 12.1 Å². The van der Waals surface area contributed by atoms with Crippen LogP contribution in [0.2, 0.25) is 0 Å². The van der Waals surface area contributed by atoms with Gasteiger partial charge in [-0.15, -0.1) is 11.3 Å². The summed E-state index contributed by atoms with van der Waals surface area (Å²) in [6.07, 6.45) is 2.06. The Morgan fingerprint density at radius 2 is 2.05 bits per heavy atom. The molecular formula is C15H23N3OS2. The summed E-state index contributed by atoms with van der Waals surface area (Å²) in [5, 5.41) is 0. The van der Waals surface area contributed by atoms with Crippen molar-refractivity contribution in [1.29, 1.82) is 0 Å². The molecule has 6 heteroatoms. The second-order valence-electron chi connectivity index (χ2n) is 5.45. The molecule has 1 atom stereocenters. The molecule has 2 heterocycles. The molecule has 1 unspecified atom stereocenters. The van der Waals surface area contributed by atoms with Gasteiger partial charge >= 0.3 is 0 Å². The van der Waals surface area contributed by atoms with E-state index in [1.54, 1.807) is 11.3 Å². The Balaban J connectivity index is 1.93. The zero-order valence-corrected chi connectivity index (χ0v) is 14.3. The lowest BCUT2D eigenvalue weighted by Gasteiger charge is -2.38. The van der Waals surface area contributed by atoms with Crippen LogP contribution in [0.1, 0.15) is 34.3 Å². The summed E-state index contributed by atoms with van der Waals surface area (Å²) in [6.45, 7) is 7.36. The van der Waals surface area contributed by atoms with Gasteiger partial charge in [0, 0.05) is 31.1 Å². The lowest BCUT2D eigenvalue weighted by Crippen LogP contribution is -2.54. The molecular weight excluding hydrogens is 302 g/mol. The van der Waals surface area contributed by atoms with E-state index in [1.165, 1.54) is 4.88 Å². The van der Waals surface area contributed by atoms with Crippen molar-refractivity contribution < 1.29 is 4.79 Å². The van der Waals surface area contributed by atoms with Gasteiger partial charge in [0.25, 0.3) is 5.91 Å². The maximum atomic E-state index is 12.4. The van der Waals surface area contributed by atoms with E-state index < -0.39 is 0 Å². The summed E-state index contributed by atoms with van der Waals surface area (Å²) in [5.41, 5.74) is 5.85. The highest BCUT2D eigenvalue weighted by Crippen LogP contribution is 2.19. The third kappa shape index (κ3) is 4.02. The van der Waals surface area contributed by atoms with Crippen LogP contribution in [0, 0.1) is 6.92 Å². The Labute approximate surface area is 135 Å². The molecule has 4 nitrogen and oxygen atoms in total. The lowest BCUT2D eigenvalue weighted by molar-refractivity contribution is 0.0613. The zero-order chi connectivity index (χ0) is 15.4. The van der Waals surface area contributed by atoms with Crippen LogP contribution in [0.5, 0.6) is 0 Å². The molecule has 21 heavy (non-hydrogen) atoms. The van der Waals surface area contributed by atoms with Gasteiger partial charge in [0.1, 0.15) is 0 Å². The van der Waals surface area contributed by atoms with Gasteiger partial charge in [-0.05, 0) is 25.5 Å². The van der Waals surface area contributed by atoms with Gasteiger partial charge in [-0.1, -0.05) is 25.6 Å². The van der Waals surface area contributed by atoms with E-state index in [0.717, 1.165) is 43.9 Å². The number of hydrogen-bond donors (Lipinski definition) is 1. The maximum Gasteiger partial charge on any atom is 0.264 e. The molecule has 1 aromatic rings. The number of amides is 1. The highest BCUT2D eigenvalue weighted by Gasteiger charge is 2.27. The fourth-order valence-electron chi connectivity index (χ4n) is 2.72. The molecule has 0 radical (unpaired) electrons. The smallest absolute Gasteiger partial charge is 0.264 e. The second kappa shape index (κ2) is 7.33. The summed E-state index contributed by atoms with van der Waals surface area (Å²) in [5.74, 6) is 0.148. The van der Waals surface area contributed by atoms with Crippen molar-refractivity contribution in [3.8, 4) is 0 Å². The van der Waals surface area contributed by atoms with Crippen molar-refractivity contribution >= 4 is 34.5 Å². The number of thiocarbonyl (C=S) groups is 1. The minimum Gasteiger partial charge on any atom is -0.392 e. The van der Waals surface area contributed by atoms with Crippen molar-refractivity contribution in [2.24, 2.45) is 5.73 Å². The summed E-state index contributed by atoms with van der Waals surface area (Å²) >= 11 is 6.74. The predicted molar refractivity (Wildman–Crippen MR) is 92.0 cm³/mol. The monoisotopic (exact) mass is 325 g/mol. The molecule has 1 amide bonds. The van der Waals surface area contributed by atoms with Gasteiger partial charge in [0.05, 0.1) is 15.9 Å². The minimum absolute atomic E-state index is 0.148. The fourth-order valence-corrected chi connectivity index (χ4v) is 3.82. The predicted octanol–water partition coefficient (Wildman–Crippen LogP) is 2.27. The van der Waals surface area contributed by atoms with E-state index in [2.05, 4.69) is 11.8 Å². The first kappa shape index (κ1) is 16.4. The van der Waals surface area contributed by atoms with Crippen LogP contribution in [-0.2, 0) is 0 Å². The molecule has 0 aromatic carbocycles. The standard InChI is InChI=1S/C15H23N3OS2/c1-3-4-12(14(16)20)17-7-9-18(10-8-17)15(19)13-6-5-11(2)21-13/h5-6,12H,3-4,7-10H2,1-2H3,(H2,16,20). The number of piperazine rings is 1. The summed E-state index contributed by atoms with van der Waals surface area (Å²) in [4.78, 5) is 19.2. The molecule has 1 aromatic heterocycles. The summed E-state index contributed by atoms with van der Waals surface area (Å²) in [7, 11) is 0. The van der Waals surface area contributed by atoms with Crippen LogP contribution >= 0.6 is 23.6 Å². The number of carbonyl (C=O) groups is 1. The van der Waals surface area contributed by atoms with E-state index in [-0.39, 0.29) is 11.9 Å². The van der Waals surface area contributed by atoms with Gasteiger partial charge in [0.15, 0.2) is 0 Å². The van der Waals surface area contributed by atoms with Crippen molar-refractivity contribution in [1.82, 2.24) is 9.80 Å². The van der Waals surface area contributed by atoms with Gasteiger partial charge in [-0.3, -0.25) is 9.69 Å². The van der Waals surface area contributed by atoms with Gasteiger partial charge in [-0.25, -0.2) is 0 Å². The molecule has 116 valence electrons. The Hall–Kier alpha value is -0.980. The van der Waals surface area contributed by atoms with Crippen LogP contribution < -0.4 is 5.73 Å². The first-order valence-corrected chi connectivity index (χ1v) is 8.64. The average molecular weight is 326 g/mol. The van der Waals surface area contributed by atoms with Crippen LogP contribution in [0.4, 0.5) is 0 Å². The Bertz CT molecular complexity index is 507. The van der Waals surface area contributed by atoms with E-state index in [9.17, 15) is 4.79 Å². The molecule has 2 N–H and O–H groups in total. The van der Waals surface area contributed by atoms with Crippen LogP contribution in [0.3, 0.4) is 0 Å². The van der Waals surface area contributed by atoms with E-state index in [0.29, 0.717) is 4.99 Å². The van der Waals surface area contributed by atoms with Crippen molar-refractivity contribution in [2.75, 3.05) is 26.2 Å². The van der Waals surface area contributed by atoms with E-state index in [1.807, 2.05) is 24.0 Å². The molecule has 0 spiro atoms. The van der Waals surface area contributed by atoms with Crippen LogP contribution in [-0.4, -0.2) is 52.9 Å². The molecule has 0 saturated carbocycles. The quantitative estimate of drug-likeness (QED) is 0.844. The highest BCUT2D eigenvalue weighted by atomic mass is 32.1. The first-order chi connectivity index (χ1) is 10.0. The Kier molecular flexibility index (Phi) is 5.72. The number of rotatable bonds is 5. The average Bonchev–Trinajstić information content (AvgIpc) is 2.90. The van der Waals surface area contributed by atoms with Crippen molar-refractivity contribution in [3.63, 3.8) is 0 Å². The number of hydrogen-bond acceptors (Lipinski definition) is 4. The summed E-state index contributed by atoms with van der Waals surface area (Å²) < 4.78 is 0. The maximum absolute atomic E-state index is 12.4. The minimum atomic E-state index is 0.148. The third-order valence-electron chi connectivity index (χ3n) is 3.88. The largest absolute Gasteiger partial charge is 0.392 e. The molecule has 2 rings (SSSR count). The van der Waals surface area contributed by atoms with Crippen molar-refractivity contribution in [3.05, 3.63) is 21.9 Å². The number of nitrogens with zero attached hydrogens (tertiary/aromatic N) is 2. The fraction of sp³-hybridized carbons (Fsp3) is 0.600. The SMILES string of the molecule is CCCC(C(N)=S)N1CCN(C(=O)c2ccc(C)s2)CC1. The second-order valence-corrected chi connectivity index (χ2v) is 7.20. The van der Waals surface area contributed by atoms with E-state index in [4.69, 9.17) is 18.0 Å².